The third kappa shape index (κ3) is 104. The van der Waals surface area contributed by atoms with E-state index in [4.69, 9.17) is 13.3 Å². The van der Waals surface area contributed by atoms with Crippen molar-refractivity contribution in [3.8, 4) is 0 Å². The van der Waals surface area contributed by atoms with Gasteiger partial charge < -0.3 is 31.5 Å². The molecule has 0 fully saturated rings. The van der Waals surface area contributed by atoms with Crippen LogP contribution in [-0.4, -0.2) is 62.9 Å². The predicted molar refractivity (Wildman–Crippen MR) is 489 cm³/mol. The maximum absolute atomic E-state index is 4.83. The first-order valence-electron chi connectivity index (χ1n) is 38.8. The van der Waals surface area contributed by atoms with E-state index in [1.165, 1.54) is 55.2 Å². The summed E-state index contributed by atoms with van der Waals surface area (Å²) in [7, 11) is 7.91. The Bertz CT molecular complexity index is 2710. The number of thiophene rings is 1. The van der Waals surface area contributed by atoms with Gasteiger partial charge >= 0.3 is 0 Å². The van der Waals surface area contributed by atoms with Crippen molar-refractivity contribution in [1.29, 1.82) is 0 Å². The van der Waals surface area contributed by atoms with Gasteiger partial charge in [-0.05, 0) is 142 Å². The molecule has 109 heavy (non-hydrogen) atoms. The molecule has 0 aliphatic heterocycles. The summed E-state index contributed by atoms with van der Waals surface area (Å²) >= 11 is 6.64. The second kappa shape index (κ2) is 115. The van der Waals surface area contributed by atoms with Crippen LogP contribution in [0.15, 0.2) is 212 Å². The number of aromatic nitrogens is 13. The van der Waals surface area contributed by atoms with E-state index in [9.17, 15) is 0 Å². The molecule has 13 aromatic rings. The van der Waals surface area contributed by atoms with Gasteiger partial charge in [-0.1, -0.05) is 227 Å². The molecule has 0 amide bonds. The Kier molecular flexibility index (Phi) is 138. The number of thiazole rings is 2. The Morgan fingerprint density at radius 1 is 0.349 bits per heavy atom. The van der Waals surface area contributed by atoms with Crippen LogP contribution < -0.4 is 0 Å². The van der Waals surface area contributed by atoms with Crippen LogP contribution in [0.1, 0.15) is 251 Å². The molecule has 0 unspecified atom stereocenters. The smallest absolute Gasteiger partial charge is 0.190 e. The summed E-state index contributed by atoms with van der Waals surface area (Å²) < 4.78 is 30.6. The maximum Gasteiger partial charge on any atom is 0.190 e. The maximum atomic E-state index is 4.83. The molecule has 0 radical (unpaired) electrons. The Balaban J connectivity index is -0.0000000812. The molecule has 0 bridgehead atoms. The van der Waals surface area contributed by atoms with Crippen molar-refractivity contribution in [2.75, 3.05) is 0 Å². The minimum Gasteiger partial charge on any atom is -0.470 e. The zero-order valence-corrected chi connectivity index (χ0v) is 80.3. The molecular weight excluding hydrogens is 1430 g/mol. The summed E-state index contributed by atoms with van der Waals surface area (Å²) in [5.74, 6) is 4.45. The molecule has 0 N–H and O–H groups in total. The Morgan fingerprint density at radius 2 is 0.936 bits per heavy atom. The SMILES string of the molecule is CC.CC.CC.CC.CC.CC.CC.CC.CC.CC.CC.CC.CC.Cc1ccccc1.Cc1cccn1C.Cc1ccco1.Cc1cccs1.Cc1ccnn1C.Cc1ccno1.Cc1ccns1.Cc1cncn1C.Cc1cnco1.Cc1cncs1.Cc1nccn1C.Cc1ncco1.Cc1nccs1. The van der Waals surface area contributed by atoms with Gasteiger partial charge in [0, 0.05) is 128 Å². The van der Waals surface area contributed by atoms with Crippen LogP contribution in [0.5, 0.6) is 0 Å². The van der Waals surface area contributed by atoms with E-state index in [1.807, 2.05) is 369 Å². The van der Waals surface area contributed by atoms with Crippen LogP contribution in [0.25, 0.3) is 0 Å². The lowest BCUT2D eigenvalue weighted by Gasteiger charge is -1.89. The Morgan fingerprint density at radius 3 is 1.06 bits per heavy atom. The molecule has 21 heteroatoms. The molecule has 0 aliphatic rings. The Labute approximate surface area is 685 Å². The quantitative estimate of drug-likeness (QED) is 0.140. The molecule has 0 aliphatic carbocycles. The zero-order chi connectivity index (χ0) is 87.5. The number of rotatable bonds is 0. The van der Waals surface area contributed by atoms with E-state index in [0.29, 0.717) is 0 Å². The van der Waals surface area contributed by atoms with Crippen molar-refractivity contribution in [2.45, 2.75) is 270 Å². The lowest BCUT2D eigenvalue weighted by atomic mass is 10.2. The normalized spacial score (nSPS) is 7.59. The highest BCUT2D eigenvalue weighted by Gasteiger charge is 1.87. The van der Waals surface area contributed by atoms with E-state index in [0.717, 1.165) is 34.0 Å². The average Bonchev–Trinajstić information content (AvgIpc) is 1.78. The summed E-state index contributed by atoms with van der Waals surface area (Å²) in [6.45, 7) is 77.8. The number of hydrogen-bond donors (Lipinski definition) is 0. The molecule has 17 nitrogen and oxygen atoms in total. The second-order valence-electron chi connectivity index (χ2n) is 17.3. The lowest BCUT2D eigenvalue weighted by Crippen LogP contribution is -1.90. The molecule has 0 saturated heterocycles. The average molecular weight is 1590 g/mol. The first-order chi connectivity index (χ1) is 52.8. The van der Waals surface area contributed by atoms with Crippen molar-refractivity contribution in [3.63, 3.8) is 0 Å². The fourth-order valence-electron chi connectivity index (χ4n) is 4.81. The number of nitrogens with zero attached hydrogens (tertiary/aromatic N) is 13. The predicted octanol–water partition coefficient (Wildman–Crippen LogP) is 29.8. The topological polar surface area (TPSA) is 188 Å². The summed E-state index contributed by atoms with van der Waals surface area (Å²) in [5, 5.41) is 12.6. The minimum absolute atomic E-state index is 0.718. The number of benzene rings is 1. The standard InChI is InChI=1S/C7H8.C6H9N.3C5H8N2.C5H6O.C5H6S.3C4H5NO.3C4H5NS.13C2H6/c1-7-5-3-2-4-6-7;1-6-4-3-5-7(6)2;1-5-3-6-4-7(5)2;1-5-6-3-4-7(5)2;1-5-3-4-6-7(5)2;2*1-5-3-2-4-6-5;1-4-2-5-3-6-4;1-4-5-2-3-6-4;1-4-2-3-5-6-4;1-4-2-5-3-6-4;1-4-5-2-3-6-4;1-4-2-3-5-6-4;13*1-2/h2-6H,1H3;3-5H,1-2H3;3*3-4H,1-2H3;2*2-4H,1H3;6*2-3H,1H3;13*1-2H3. The van der Waals surface area contributed by atoms with Crippen LogP contribution in [0.3, 0.4) is 0 Å². The van der Waals surface area contributed by atoms with Crippen molar-refractivity contribution in [1.82, 2.24) is 62.9 Å². The zero-order valence-electron chi connectivity index (χ0n) is 77.1. The molecule has 1 aromatic carbocycles. The van der Waals surface area contributed by atoms with Gasteiger partial charge in [0.2, 0.25) is 0 Å². The van der Waals surface area contributed by atoms with Crippen molar-refractivity contribution < 1.29 is 17.8 Å². The van der Waals surface area contributed by atoms with Gasteiger partial charge in [0.05, 0.1) is 41.7 Å². The minimum atomic E-state index is 0.718. The molecular formula is C88H161N13O4S4. The fourth-order valence-corrected chi connectivity index (χ4v) is 6.60. The molecule has 12 aromatic heterocycles. The van der Waals surface area contributed by atoms with Gasteiger partial charge in [-0.15, -0.1) is 34.0 Å². The third-order valence-corrected chi connectivity index (χ3v) is 12.9. The third-order valence-electron chi connectivity index (χ3n) is 10.0. The van der Waals surface area contributed by atoms with Crippen molar-refractivity contribution in [2.24, 2.45) is 28.2 Å². The van der Waals surface area contributed by atoms with Crippen LogP contribution in [0.2, 0.25) is 0 Å². The highest BCUT2D eigenvalue weighted by molar-refractivity contribution is 7.10. The van der Waals surface area contributed by atoms with Gasteiger partial charge in [0.1, 0.15) is 29.4 Å². The second-order valence-corrected chi connectivity index (χ2v) is 21.6. The van der Waals surface area contributed by atoms with E-state index in [-0.39, 0.29) is 0 Å². The van der Waals surface area contributed by atoms with E-state index >= 15 is 0 Å². The largest absolute Gasteiger partial charge is 0.470 e. The highest BCUT2D eigenvalue weighted by Crippen LogP contribution is 2.04. The van der Waals surface area contributed by atoms with Crippen LogP contribution in [-0.2, 0) is 28.2 Å². The molecule has 0 saturated carbocycles. The monoisotopic (exact) mass is 1590 g/mol. The van der Waals surface area contributed by atoms with E-state index in [2.05, 4.69) is 110 Å². The molecule has 0 atom stereocenters. The Hall–Kier alpha value is -8.37. The van der Waals surface area contributed by atoms with Crippen molar-refractivity contribution >= 4 is 45.5 Å². The summed E-state index contributed by atoms with van der Waals surface area (Å²) in [5.41, 5.74) is 6.84. The first-order valence-corrected chi connectivity index (χ1v) is 42.3. The molecule has 12 heterocycles. The van der Waals surface area contributed by atoms with Gasteiger partial charge in [-0.25, -0.2) is 24.3 Å². The lowest BCUT2D eigenvalue weighted by molar-refractivity contribution is 0.397. The highest BCUT2D eigenvalue weighted by atomic mass is 32.1. The number of oxazole rings is 2. The molecule has 626 valence electrons. The van der Waals surface area contributed by atoms with E-state index < -0.39 is 0 Å². The molecule has 0 spiro atoms. The van der Waals surface area contributed by atoms with E-state index in [1.54, 1.807) is 109 Å². The number of aryl methyl sites for hydroxylation is 17. The summed E-state index contributed by atoms with van der Waals surface area (Å²) in [6.07, 6.45) is 26.2. The van der Waals surface area contributed by atoms with Crippen LogP contribution in [0, 0.1) is 90.0 Å². The fraction of sp³-hybridized carbons (Fsp3) is 0.489. The van der Waals surface area contributed by atoms with Gasteiger partial charge in [-0.2, -0.15) is 5.10 Å². The van der Waals surface area contributed by atoms with Gasteiger partial charge in [0.15, 0.2) is 12.3 Å². The number of imidazole rings is 2. The van der Waals surface area contributed by atoms with Crippen molar-refractivity contribution in [3.05, 3.63) is 266 Å². The number of furan rings is 1. The number of hydrogen-bond acceptors (Lipinski definition) is 17. The summed E-state index contributed by atoms with van der Waals surface area (Å²) in [6, 6.07) is 28.1. The van der Waals surface area contributed by atoms with Crippen LogP contribution >= 0.6 is 45.5 Å². The molecule has 13 rings (SSSR count). The summed E-state index contributed by atoms with van der Waals surface area (Å²) in [4.78, 5) is 27.0. The van der Waals surface area contributed by atoms with Gasteiger partial charge in [0.25, 0.3) is 0 Å². The first kappa shape index (κ1) is 130. The van der Waals surface area contributed by atoms with Gasteiger partial charge in [-0.3, -0.25) is 14.6 Å². The van der Waals surface area contributed by atoms with Crippen LogP contribution in [0.4, 0.5) is 0 Å².